The summed E-state index contributed by atoms with van der Waals surface area (Å²) in [5.41, 5.74) is -1.24. The van der Waals surface area contributed by atoms with Gasteiger partial charge in [0.2, 0.25) is 5.91 Å². The van der Waals surface area contributed by atoms with Crippen LogP contribution < -0.4 is 10.6 Å². The Morgan fingerprint density at radius 1 is 1.22 bits per heavy atom. The minimum Gasteiger partial charge on any atom is -0.481 e. The summed E-state index contributed by atoms with van der Waals surface area (Å²) in [6, 6.07) is 0. The van der Waals surface area contributed by atoms with Crippen molar-refractivity contribution < 1.29 is 14.7 Å². The van der Waals surface area contributed by atoms with E-state index in [0.29, 0.717) is 0 Å². The van der Waals surface area contributed by atoms with Crippen LogP contribution in [0.3, 0.4) is 0 Å². The largest absolute Gasteiger partial charge is 0.481 e. The maximum atomic E-state index is 12.2. The molecular weight excluding hydrogens is 232 g/mol. The number of carboxylic acids is 1. The fourth-order valence-electron chi connectivity index (χ4n) is 2.37. The average Bonchev–Trinajstić information content (AvgIpc) is 2.28. The van der Waals surface area contributed by atoms with Crippen LogP contribution in [0.25, 0.3) is 0 Å². The second-order valence-corrected chi connectivity index (χ2v) is 5.74. The highest BCUT2D eigenvalue weighted by Crippen LogP contribution is 2.31. The molecule has 1 aliphatic carbocycles. The summed E-state index contributed by atoms with van der Waals surface area (Å²) < 4.78 is 0. The maximum absolute atomic E-state index is 12.2. The van der Waals surface area contributed by atoms with Crippen molar-refractivity contribution in [3.05, 3.63) is 0 Å². The van der Waals surface area contributed by atoms with Crippen molar-refractivity contribution in [3.63, 3.8) is 0 Å². The van der Waals surface area contributed by atoms with E-state index in [1.54, 1.807) is 20.9 Å². The zero-order chi connectivity index (χ0) is 13.8. The molecule has 0 bridgehead atoms. The molecule has 1 aliphatic rings. The molecule has 0 unspecified atom stereocenters. The maximum Gasteiger partial charge on any atom is 0.305 e. The van der Waals surface area contributed by atoms with Gasteiger partial charge in [0.05, 0.1) is 17.5 Å². The predicted molar refractivity (Wildman–Crippen MR) is 69.4 cm³/mol. The lowest BCUT2D eigenvalue weighted by molar-refractivity contribution is -0.140. The molecule has 1 amide bonds. The number of carbonyl (C=O) groups excluding carboxylic acids is 1. The average molecular weight is 256 g/mol. The van der Waals surface area contributed by atoms with Crippen molar-refractivity contribution in [1.29, 1.82) is 0 Å². The van der Waals surface area contributed by atoms with Gasteiger partial charge < -0.3 is 15.7 Å². The molecule has 18 heavy (non-hydrogen) atoms. The predicted octanol–water partition coefficient (Wildman–Crippen LogP) is 1.28. The third-order valence-electron chi connectivity index (χ3n) is 3.87. The number of likely N-dealkylation sites (N-methyl/N-ethyl adjacent to an activating group) is 1. The van der Waals surface area contributed by atoms with E-state index in [1.165, 1.54) is 0 Å². The van der Waals surface area contributed by atoms with Crippen LogP contribution in [0.15, 0.2) is 0 Å². The summed E-state index contributed by atoms with van der Waals surface area (Å²) in [6.07, 6.45) is 4.60. The minimum atomic E-state index is -0.848. The molecule has 0 aromatic carbocycles. The fraction of sp³-hybridized carbons (Fsp3) is 0.846. The van der Waals surface area contributed by atoms with Gasteiger partial charge >= 0.3 is 5.97 Å². The lowest BCUT2D eigenvalue weighted by atomic mass is 9.78. The van der Waals surface area contributed by atoms with Gasteiger partial charge in [0.1, 0.15) is 0 Å². The second-order valence-electron chi connectivity index (χ2n) is 5.74. The highest BCUT2D eigenvalue weighted by Gasteiger charge is 2.38. The van der Waals surface area contributed by atoms with Crippen molar-refractivity contribution >= 4 is 11.9 Å². The minimum absolute atomic E-state index is 0.0124. The number of nitrogens with one attached hydrogen (secondary N) is 2. The number of hydrogen-bond acceptors (Lipinski definition) is 3. The highest BCUT2D eigenvalue weighted by atomic mass is 16.4. The zero-order valence-electron chi connectivity index (χ0n) is 11.5. The Morgan fingerprint density at radius 2 is 1.78 bits per heavy atom. The van der Waals surface area contributed by atoms with E-state index in [0.717, 1.165) is 32.1 Å². The Morgan fingerprint density at radius 3 is 2.22 bits per heavy atom. The Bertz CT molecular complexity index is 320. The molecule has 5 nitrogen and oxygen atoms in total. The van der Waals surface area contributed by atoms with E-state index in [9.17, 15) is 9.59 Å². The summed E-state index contributed by atoms with van der Waals surface area (Å²) in [7, 11) is 1.73. The van der Waals surface area contributed by atoms with Crippen LogP contribution in [-0.2, 0) is 9.59 Å². The molecule has 0 aromatic heterocycles. The van der Waals surface area contributed by atoms with Crippen LogP contribution in [-0.4, -0.2) is 35.1 Å². The Labute approximate surface area is 108 Å². The summed E-state index contributed by atoms with van der Waals surface area (Å²) in [5.74, 6) is -0.979. The third-order valence-corrected chi connectivity index (χ3v) is 3.87. The van der Waals surface area contributed by atoms with Crippen molar-refractivity contribution in [1.82, 2.24) is 10.6 Å². The van der Waals surface area contributed by atoms with Gasteiger partial charge in [0.15, 0.2) is 0 Å². The van der Waals surface area contributed by atoms with Crippen molar-refractivity contribution in [2.75, 3.05) is 7.05 Å². The van der Waals surface area contributed by atoms with Crippen molar-refractivity contribution in [2.24, 2.45) is 0 Å². The first kappa shape index (κ1) is 15.0. The molecule has 1 rings (SSSR count). The topological polar surface area (TPSA) is 78.4 Å². The number of aliphatic carboxylic acids is 1. The molecule has 3 N–H and O–H groups in total. The van der Waals surface area contributed by atoms with Crippen LogP contribution in [0.2, 0.25) is 0 Å². The summed E-state index contributed by atoms with van der Waals surface area (Å²) >= 11 is 0. The first-order valence-corrected chi connectivity index (χ1v) is 6.55. The van der Waals surface area contributed by atoms with Crippen LogP contribution >= 0.6 is 0 Å². The quantitative estimate of drug-likeness (QED) is 0.692. The summed E-state index contributed by atoms with van der Waals surface area (Å²) in [4.78, 5) is 23.2. The molecule has 0 spiro atoms. The van der Waals surface area contributed by atoms with E-state index in [1.807, 2.05) is 0 Å². The monoisotopic (exact) mass is 256 g/mol. The first-order valence-electron chi connectivity index (χ1n) is 6.55. The summed E-state index contributed by atoms with van der Waals surface area (Å²) in [5, 5.41) is 15.0. The van der Waals surface area contributed by atoms with Crippen LogP contribution in [0.5, 0.6) is 0 Å². The standard InChI is InChI=1S/C13H24N2O3/c1-12(2,14-3)11(18)15-13(9-10(16)17)7-5-4-6-8-13/h14H,4-9H2,1-3H3,(H,15,18)(H,16,17). The fourth-order valence-corrected chi connectivity index (χ4v) is 2.37. The zero-order valence-corrected chi connectivity index (χ0v) is 11.5. The third kappa shape index (κ3) is 3.70. The van der Waals surface area contributed by atoms with Gasteiger partial charge in [-0.1, -0.05) is 19.3 Å². The SMILES string of the molecule is CNC(C)(C)C(=O)NC1(CC(=O)O)CCCCC1. The van der Waals surface area contributed by atoms with E-state index in [2.05, 4.69) is 10.6 Å². The molecule has 0 aromatic rings. The highest BCUT2D eigenvalue weighted by molar-refractivity contribution is 5.86. The number of carbonyl (C=O) groups is 2. The van der Waals surface area contributed by atoms with Crippen molar-refractivity contribution in [2.45, 2.75) is 63.5 Å². The van der Waals surface area contributed by atoms with Gasteiger partial charge in [0.25, 0.3) is 0 Å². The molecule has 1 fully saturated rings. The molecule has 0 heterocycles. The number of hydrogen-bond donors (Lipinski definition) is 3. The van der Waals surface area contributed by atoms with E-state index >= 15 is 0 Å². The molecule has 0 saturated heterocycles. The van der Waals surface area contributed by atoms with Gasteiger partial charge in [-0.15, -0.1) is 0 Å². The molecule has 104 valence electrons. The number of carboxylic acid groups (broad SMARTS) is 1. The number of rotatable bonds is 5. The number of amides is 1. The Balaban J connectivity index is 2.78. The molecule has 1 saturated carbocycles. The van der Waals surface area contributed by atoms with Gasteiger partial charge in [-0.25, -0.2) is 0 Å². The Kier molecular flexibility index (Phi) is 4.73. The van der Waals surface area contributed by atoms with E-state index in [-0.39, 0.29) is 12.3 Å². The van der Waals surface area contributed by atoms with Crippen LogP contribution in [0, 0.1) is 0 Å². The molecule has 0 atom stereocenters. The van der Waals surface area contributed by atoms with Gasteiger partial charge in [-0.05, 0) is 33.7 Å². The summed E-state index contributed by atoms with van der Waals surface area (Å²) in [6.45, 7) is 3.58. The van der Waals surface area contributed by atoms with Crippen molar-refractivity contribution in [3.8, 4) is 0 Å². The lowest BCUT2D eigenvalue weighted by Gasteiger charge is -2.39. The van der Waals surface area contributed by atoms with Crippen LogP contribution in [0.1, 0.15) is 52.4 Å². The molecule has 5 heteroatoms. The Hall–Kier alpha value is -1.10. The van der Waals surface area contributed by atoms with Gasteiger partial charge in [-0.3, -0.25) is 9.59 Å². The molecule has 0 radical (unpaired) electrons. The molecular formula is C13H24N2O3. The van der Waals surface area contributed by atoms with Crippen LogP contribution in [0.4, 0.5) is 0 Å². The smallest absolute Gasteiger partial charge is 0.305 e. The lowest BCUT2D eigenvalue weighted by Crippen LogP contribution is -2.59. The first-order chi connectivity index (χ1) is 8.31. The van der Waals surface area contributed by atoms with E-state index < -0.39 is 17.0 Å². The second kappa shape index (κ2) is 5.69. The van der Waals surface area contributed by atoms with Gasteiger partial charge in [-0.2, -0.15) is 0 Å². The van der Waals surface area contributed by atoms with Gasteiger partial charge in [0, 0.05) is 0 Å². The molecule has 0 aliphatic heterocycles. The van der Waals surface area contributed by atoms with E-state index in [4.69, 9.17) is 5.11 Å². The normalized spacial score (nSPS) is 19.3.